The van der Waals surface area contributed by atoms with Gasteiger partial charge in [-0.05, 0) is 30.5 Å². The van der Waals surface area contributed by atoms with Crippen molar-refractivity contribution in [2.45, 2.75) is 30.7 Å². The van der Waals surface area contributed by atoms with Crippen molar-refractivity contribution in [3.05, 3.63) is 34.3 Å². The molecule has 0 amide bonds. The van der Waals surface area contributed by atoms with Crippen LogP contribution in [-0.4, -0.2) is 11.5 Å². The lowest BCUT2D eigenvalue weighted by Crippen LogP contribution is -2.30. The summed E-state index contributed by atoms with van der Waals surface area (Å²) < 4.78 is 26.6. The summed E-state index contributed by atoms with van der Waals surface area (Å²) in [6.07, 6.45) is 0.789. The highest BCUT2D eigenvalue weighted by Crippen LogP contribution is 2.53. The minimum absolute atomic E-state index is 0.170. The van der Waals surface area contributed by atoms with Crippen molar-refractivity contribution in [1.82, 2.24) is 0 Å². The van der Waals surface area contributed by atoms with Crippen LogP contribution in [0.5, 0.6) is 0 Å². The van der Waals surface area contributed by atoms with Gasteiger partial charge in [0, 0.05) is 10.9 Å². The highest BCUT2D eigenvalue weighted by Gasteiger charge is 2.68. The van der Waals surface area contributed by atoms with Crippen LogP contribution in [0.2, 0.25) is 0 Å². The van der Waals surface area contributed by atoms with Crippen molar-refractivity contribution in [2.24, 2.45) is 5.73 Å². The molecule has 1 atom stereocenters. The maximum atomic E-state index is 12.8. The van der Waals surface area contributed by atoms with E-state index in [1.165, 1.54) is 0 Å². The van der Waals surface area contributed by atoms with Gasteiger partial charge in [0.15, 0.2) is 0 Å². The smallest absolute Gasteiger partial charge is 0.267 e. The molecule has 0 aliphatic heterocycles. The second-order valence-corrected chi connectivity index (χ2v) is 5.08. The Hall–Kier alpha value is -0.480. The summed E-state index contributed by atoms with van der Waals surface area (Å²) in [5.74, 6) is -2.65. The Balaban J connectivity index is 1.92. The van der Waals surface area contributed by atoms with E-state index < -0.39 is 11.5 Å². The van der Waals surface area contributed by atoms with Crippen molar-refractivity contribution in [3.8, 4) is 0 Å². The molecule has 1 aliphatic carbocycles. The van der Waals surface area contributed by atoms with E-state index in [0.29, 0.717) is 12.8 Å². The van der Waals surface area contributed by atoms with E-state index in [9.17, 15) is 8.78 Å². The Morgan fingerprint density at radius 2 is 1.80 bits per heavy atom. The molecule has 1 aromatic rings. The van der Waals surface area contributed by atoms with Crippen molar-refractivity contribution in [1.29, 1.82) is 0 Å². The molecule has 0 radical (unpaired) electrons. The van der Waals surface area contributed by atoms with Crippen LogP contribution in [0.1, 0.15) is 18.4 Å². The molecule has 0 bridgehead atoms. The minimum atomic E-state index is -2.65. The third-order valence-electron chi connectivity index (χ3n) is 2.91. The van der Waals surface area contributed by atoms with Gasteiger partial charge in [-0.25, -0.2) is 8.78 Å². The second kappa shape index (κ2) is 3.52. The van der Waals surface area contributed by atoms with Gasteiger partial charge >= 0.3 is 0 Å². The van der Waals surface area contributed by atoms with Crippen LogP contribution in [-0.2, 0) is 6.42 Å². The summed E-state index contributed by atoms with van der Waals surface area (Å²) in [6.45, 7) is 0. The lowest BCUT2D eigenvalue weighted by Gasteiger charge is -2.09. The fourth-order valence-corrected chi connectivity index (χ4v) is 1.91. The summed E-state index contributed by atoms with van der Waals surface area (Å²) in [5, 5.41) is 0. The fourth-order valence-electron chi connectivity index (χ4n) is 1.64. The third kappa shape index (κ3) is 2.21. The predicted molar refractivity (Wildman–Crippen MR) is 58.9 cm³/mol. The van der Waals surface area contributed by atoms with E-state index in [1.807, 2.05) is 24.3 Å². The largest absolute Gasteiger partial charge is 0.320 e. The van der Waals surface area contributed by atoms with E-state index in [0.717, 1.165) is 10.0 Å². The minimum Gasteiger partial charge on any atom is -0.320 e. The Labute approximate surface area is 95.8 Å². The van der Waals surface area contributed by atoms with E-state index in [2.05, 4.69) is 15.9 Å². The lowest BCUT2D eigenvalue weighted by atomic mass is 10.0. The molecule has 1 unspecified atom stereocenters. The molecule has 0 heterocycles. The lowest BCUT2D eigenvalue weighted by molar-refractivity contribution is 0.0873. The number of halogens is 3. The number of alkyl halides is 2. The Morgan fingerprint density at radius 3 is 2.27 bits per heavy atom. The van der Waals surface area contributed by atoms with Gasteiger partial charge in [-0.1, -0.05) is 28.1 Å². The summed E-state index contributed by atoms with van der Waals surface area (Å²) in [4.78, 5) is 0. The number of hydrogen-bond acceptors (Lipinski definition) is 1. The average molecular weight is 276 g/mol. The van der Waals surface area contributed by atoms with Crippen LogP contribution >= 0.6 is 15.9 Å². The molecule has 1 aromatic carbocycles. The third-order valence-corrected chi connectivity index (χ3v) is 3.44. The molecule has 2 rings (SSSR count). The van der Waals surface area contributed by atoms with Gasteiger partial charge in [-0.3, -0.25) is 0 Å². The Kier molecular flexibility index (Phi) is 2.59. The Bertz CT molecular complexity index is 363. The molecule has 1 saturated carbocycles. The topological polar surface area (TPSA) is 26.0 Å². The fraction of sp³-hybridized carbons (Fsp3) is 0.455. The van der Waals surface area contributed by atoms with Crippen LogP contribution in [0.15, 0.2) is 28.7 Å². The molecule has 1 fully saturated rings. The first kappa shape index (κ1) is 11.0. The highest BCUT2D eigenvalue weighted by molar-refractivity contribution is 9.10. The summed E-state index contributed by atoms with van der Waals surface area (Å²) in [5.41, 5.74) is 5.34. The van der Waals surface area contributed by atoms with Crippen LogP contribution in [0.25, 0.3) is 0 Å². The zero-order valence-electron chi connectivity index (χ0n) is 8.14. The van der Waals surface area contributed by atoms with E-state index >= 15 is 0 Å². The van der Waals surface area contributed by atoms with E-state index in [-0.39, 0.29) is 6.42 Å². The molecule has 15 heavy (non-hydrogen) atoms. The normalized spacial score (nSPS) is 27.7. The average Bonchev–Trinajstić information content (AvgIpc) is 2.66. The number of aryl methyl sites for hydroxylation is 1. The molecule has 82 valence electrons. The predicted octanol–water partition coefficient (Wildman–Crippen LogP) is 3.12. The monoisotopic (exact) mass is 275 g/mol. The number of nitrogens with two attached hydrogens (primary N) is 1. The maximum Gasteiger partial charge on any atom is 0.267 e. The van der Waals surface area contributed by atoms with Gasteiger partial charge in [0.25, 0.3) is 5.92 Å². The first-order valence-corrected chi connectivity index (χ1v) is 5.63. The van der Waals surface area contributed by atoms with Gasteiger partial charge in [-0.2, -0.15) is 0 Å². The first-order chi connectivity index (χ1) is 6.93. The SMILES string of the molecule is NC1(CCc2ccc(Br)cc2)CC1(F)F. The quantitative estimate of drug-likeness (QED) is 0.901. The van der Waals surface area contributed by atoms with Crippen molar-refractivity contribution in [2.75, 3.05) is 0 Å². The highest BCUT2D eigenvalue weighted by atomic mass is 79.9. The molecule has 1 aliphatic rings. The number of hydrogen-bond donors (Lipinski definition) is 1. The molecular weight excluding hydrogens is 264 g/mol. The van der Waals surface area contributed by atoms with Gasteiger partial charge in [0.2, 0.25) is 0 Å². The standard InChI is InChI=1S/C11H12BrF2N/c12-9-3-1-8(2-4-9)5-6-10(15)7-11(10,13)14/h1-4H,5-7,15H2. The molecule has 4 heteroatoms. The summed E-state index contributed by atoms with van der Waals surface area (Å²) in [7, 11) is 0. The van der Waals surface area contributed by atoms with Crippen molar-refractivity contribution < 1.29 is 8.78 Å². The maximum absolute atomic E-state index is 12.8. The molecule has 0 saturated heterocycles. The second-order valence-electron chi connectivity index (χ2n) is 4.16. The van der Waals surface area contributed by atoms with Gasteiger partial charge in [-0.15, -0.1) is 0 Å². The summed E-state index contributed by atoms with van der Waals surface area (Å²) >= 11 is 3.32. The van der Waals surface area contributed by atoms with Crippen molar-refractivity contribution >= 4 is 15.9 Å². The van der Waals surface area contributed by atoms with Crippen LogP contribution in [0, 0.1) is 0 Å². The van der Waals surface area contributed by atoms with Crippen LogP contribution in [0.3, 0.4) is 0 Å². The van der Waals surface area contributed by atoms with Crippen LogP contribution < -0.4 is 5.73 Å². The number of rotatable bonds is 3. The van der Waals surface area contributed by atoms with E-state index in [4.69, 9.17) is 5.73 Å². The Morgan fingerprint density at radius 1 is 1.27 bits per heavy atom. The molecule has 0 spiro atoms. The molecule has 0 aromatic heterocycles. The zero-order chi connectivity index (χ0) is 11.1. The summed E-state index contributed by atoms with van der Waals surface area (Å²) in [6, 6.07) is 7.66. The van der Waals surface area contributed by atoms with Gasteiger partial charge < -0.3 is 5.73 Å². The van der Waals surface area contributed by atoms with Gasteiger partial charge in [0.05, 0.1) is 5.54 Å². The molecule has 2 N–H and O–H groups in total. The van der Waals surface area contributed by atoms with Crippen LogP contribution in [0.4, 0.5) is 8.78 Å². The zero-order valence-corrected chi connectivity index (χ0v) is 9.73. The molecular formula is C11H12BrF2N. The first-order valence-electron chi connectivity index (χ1n) is 4.84. The van der Waals surface area contributed by atoms with Crippen molar-refractivity contribution in [3.63, 3.8) is 0 Å². The molecule has 1 nitrogen and oxygen atoms in total. The van der Waals surface area contributed by atoms with E-state index in [1.54, 1.807) is 0 Å². The van der Waals surface area contributed by atoms with Gasteiger partial charge in [0.1, 0.15) is 0 Å². The number of benzene rings is 1.